The van der Waals surface area contributed by atoms with Crippen LogP contribution in [-0.4, -0.2) is 44.6 Å². The predicted molar refractivity (Wildman–Crippen MR) is 69.1 cm³/mol. The zero-order chi connectivity index (χ0) is 15.0. The van der Waals surface area contributed by atoms with Gasteiger partial charge in [0.15, 0.2) is 11.6 Å². The van der Waals surface area contributed by atoms with Crippen molar-refractivity contribution < 1.29 is 28.2 Å². The summed E-state index contributed by atoms with van der Waals surface area (Å²) in [6, 6.07) is 2.23. The molecule has 5 nitrogen and oxygen atoms in total. The summed E-state index contributed by atoms with van der Waals surface area (Å²) >= 11 is 0. The Morgan fingerprint density at radius 3 is 2.65 bits per heavy atom. The molecule has 0 unspecified atom stereocenters. The Balaban J connectivity index is 2.41. The second-order valence-electron chi connectivity index (χ2n) is 3.98. The van der Waals surface area contributed by atoms with Crippen LogP contribution >= 0.6 is 0 Å². The maximum Gasteiger partial charge on any atom is 0.338 e. The fraction of sp³-hybridized carbons (Fsp3) is 0.462. The third kappa shape index (κ3) is 4.75. The summed E-state index contributed by atoms with van der Waals surface area (Å²) in [5.41, 5.74) is -0.750. The first-order valence-corrected chi connectivity index (χ1v) is 6.09. The average Bonchev–Trinajstić information content (AvgIpc) is 2.42. The molecule has 0 saturated heterocycles. The van der Waals surface area contributed by atoms with Gasteiger partial charge in [0.25, 0.3) is 0 Å². The normalized spacial score (nSPS) is 10.6. The number of methoxy groups -OCH3 is 1. The summed E-state index contributed by atoms with van der Waals surface area (Å²) < 4.78 is 36.9. The molecular formula is C13H17F2NO4. The monoisotopic (exact) mass is 289 g/mol. The lowest BCUT2D eigenvalue weighted by Crippen LogP contribution is -2.11. The van der Waals surface area contributed by atoms with Crippen LogP contribution in [0.5, 0.6) is 0 Å². The van der Waals surface area contributed by atoms with E-state index in [0.717, 1.165) is 6.07 Å². The standard InChI is InChI=1S/C13H17F2NO4/c1-19-7-8-20-6-2-5-16-10-4-3-9(13(17)18)11(14)12(10)15/h3-4,16H,2,5-8H2,1H3,(H,17,18). The Bertz CT molecular complexity index is 454. The molecule has 0 heterocycles. The lowest BCUT2D eigenvalue weighted by molar-refractivity contribution is 0.0690. The second-order valence-corrected chi connectivity index (χ2v) is 3.98. The molecule has 0 amide bonds. The van der Waals surface area contributed by atoms with Gasteiger partial charge >= 0.3 is 5.97 Å². The number of carbonyl (C=O) groups is 1. The molecule has 0 bridgehead atoms. The first-order valence-electron chi connectivity index (χ1n) is 6.09. The Kier molecular flexibility index (Phi) is 6.89. The fourth-order valence-corrected chi connectivity index (χ4v) is 1.49. The number of benzene rings is 1. The SMILES string of the molecule is COCCOCCCNc1ccc(C(=O)O)c(F)c1F. The van der Waals surface area contributed by atoms with E-state index in [1.165, 1.54) is 6.07 Å². The third-order valence-electron chi connectivity index (χ3n) is 2.53. The molecule has 0 aliphatic carbocycles. The minimum absolute atomic E-state index is 0.0654. The quantitative estimate of drug-likeness (QED) is 0.682. The van der Waals surface area contributed by atoms with Gasteiger partial charge in [-0.2, -0.15) is 0 Å². The number of carboxylic acids is 1. The Hall–Kier alpha value is -1.73. The molecule has 7 heteroatoms. The predicted octanol–water partition coefficient (Wildman–Crippen LogP) is 2.13. The van der Waals surface area contributed by atoms with Crippen molar-refractivity contribution >= 4 is 11.7 Å². The summed E-state index contributed by atoms with van der Waals surface area (Å²) in [4.78, 5) is 10.6. The second kappa shape index (κ2) is 8.44. The van der Waals surface area contributed by atoms with Crippen LogP contribution in [0.15, 0.2) is 12.1 Å². The van der Waals surface area contributed by atoms with Crippen LogP contribution in [-0.2, 0) is 9.47 Å². The molecule has 0 saturated carbocycles. The first-order chi connectivity index (χ1) is 9.57. The highest BCUT2D eigenvalue weighted by molar-refractivity contribution is 5.88. The van der Waals surface area contributed by atoms with Gasteiger partial charge in [-0.1, -0.05) is 0 Å². The van der Waals surface area contributed by atoms with Crippen molar-refractivity contribution in [3.63, 3.8) is 0 Å². The Morgan fingerprint density at radius 1 is 1.25 bits per heavy atom. The maximum absolute atomic E-state index is 13.5. The number of nitrogens with one attached hydrogen (secondary N) is 1. The van der Waals surface area contributed by atoms with E-state index in [0.29, 0.717) is 32.8 Å². The number of hydrogen-bond donors (Lipinski definition) is 2. The maximum atomic E-state index is 13.5. The molecule has 0 radical (unpaired) electrons. The van der Waals surface area contributed by atoms with Gasteiger partial charge in [0.1, 0.15) is 0 Å². The van der Waals surface area contributed by atoms with Gasteiger partial charge < -0.3 is 19.9 Å². The molecule has 0 fully saturated rings. The van der Waals surface area contributed by atoms with E-state index in [9.17, 15) is 13.6 Å². The van der Waals surface area contributed by atoms with E-state index >= 15 is 0 Å². The number of halogens is 2. The highest BCUT2D eigenvalue weighted by Gasteiger charge is 2.17. The Labute approximate surface area is 115 Å². The largest absolute Gasteiger partial charge is 0.478 e. The number of anilines is 1. The van der Waals surface area contributed by atoms with Crippen molar-refractivity contribution in [2.75, 3.05) is 38.8 Å². The fourth-order valence-electron chi connectivity index (χ4n) is 1.49. The average molecular weight is 289 g/mol. The van der Waals surface area contributed by atoms with Crippen molar-refractivity contribution in [1.29, 1.82) is 0 Å². The summed E-state index contributed by atoms with van der Waals surface area (Å²) in [7, 11) is 1.57. The molecular weight excluding hydrogens is 272 g/mol. The van der Waals surface area contributed by atoms with Crippen LogP contribution in [0.2, 0.25) is 0 Å². The number of rotatable bonds is 9. The number of hydrogen-bond acceptors (Lipinski definition) is 4. The van der Waals surface area contributed by atoms with Crippen molar-refractivity contribution in [1.82, 2.24) is 0 Å². The van der Waals surface area contributed by atoms with E-state index in [1.54, 1.807) is 7.11 Å². The molecule has 1 aromatic rings. The molecule has 1 rings (SSSR count). The molecule has 20 heavy (non-hydrogen) atoms. The molecule has 0 spiro atoms. The Morgan fingerprint density at radius 2 is 2.00 bits per heavy atom. The smallest absolute Gasteiger partial charge is 0.338 e. The summed E-state index contributed by atoms with van der Waals surface area (Å²) in [6.45, 7) is 1.83. The van der Waals surface area contributed by atoms with Crippen molar-refractivity contribution in [2.24, 2.45) is 0 Å². The topological polar surface area (TPSA) is 67.8 Å². The third-order valence-corrected chi connectivity index (χ3v) is 2.53. The molecule has 0 aliphatic rings. The molecule has 112 valence electrons. The highest BCUT2D eigenvalue weighted by atomic mass is 19.2. The van der Waals surface area contributed by atoms with Crippen LogP contribution in [0, 0.1) is 11.6 Å². The van der Waals surface area contributed by atoms with Crippen LogP contribution in [0.3, 0.4) is 0 Å². The number of aromatic carboxylic acids is 1. The van der Waals surface area contributed by atoms with E-state index < -0.39 is 23.2 Å². The van der Waals surface area contributed by atoms with Gasteiger partial charge in [0, 0.05) is 20.3 Å². The van der Waals surface area contributed by atoms with Gasteiger partial charge in [-0.25, -0.2) is 13.6 Å². The van der Waals surface area contributed by atoms with Crippen molar-refractivity contribution in [3.05, 3.63) is 29.3 Å². The molecule has 1 aromatic carbocycles. The summed E-state index contributed by atoms with van der Waals surface area (Å²) in [5, 5.41) is 11.3. The van der Waals surface area contributed by atoms with Crippen LogP contribution < -0.4 is 5.32 Å². The van der Waals surface area contributed by atoms with Gasteiger partial charge in [-0.3, -0.25) is 0 Å². The van der Waals surface area contributed by atoms with E-state index in [4.69, 9.17) is 14.6 Å². The van der Waals surface area contributed by atoms with Crippen molar-refractivity contribution in [3.8, 4) is 0 Å². The van der Waals surface area contributed by atoms with Gasteiger partial charge in [-0.15, -0.1) is 0 Å². The minimum atomic E-state index is -1.50. The summed E-state index contributed by atoms with van der Waals surface area (Å²) in [6.07, 6.45) is 0.603. The van der Waals surface area contributed by atoms with E-state index in [1.807, 2.05) is 0 Å². The molecule has 2 N–H and O–H groups in total. The van der Waals surface area contributed by atoms with E-state index in [-0.39, 0.29) is 5.69 Å². The van der Waals surface area contributed by atoms with Gasteiger partial charge in [0.05, 0.1) is 24.5 Å². The zero-order valence-corrected chi connectivity index (χ0v) is 11.1. The molecule has 0 atom stereocenters. The number of carboxylic acid groups (broad SMARTS) is 1. The minimum Gasteiger partial charge on any atom is -0.478 e. The lowest BCUT2D eigenvalue weighted by atomic mass is 10.2. The highest BCUT2D eigenvalue weighted by Crippen LogP contribution is 2.20. The van der Waals surface area contributed by atoms with Crippen LogP contribution in [0.25, 0.3) is 0 Å². The zero-order valence-electron chi connectivity index (χ0n) is 11.1. The number of ether oxygens (including phenoxy) is 2. The van der Waals surface area contributed by atoms with Crippen molar-refractivity contribution in [2.45, 2.75) is 6.42 Å². The van der Waals surface area contributed by atoms with Gasteiger partial charge in [0.2, 0.25) is 0 Å². The molecule has 0 aromatic heterocycles. The molecule has 0 aliphatic heterocycles. The van der Waals surface area contributed by atoms with E-state index in [2.05, 4.69) is 5.32 Å². The van der Waals surface area contributed by atoms with Gasteiger partial charge in [-0.05, 0) is 18.6 Å². The van der Waals surface area contributed by atoms with Crippen LogP contribution in [0.4, 0.5) is 14.5 Å². The lowest BCUT2D eigenvalue weighted by Gasteiger charge is -2.09. The summed E-state index contributed by atoms with van der Waals surface area (Å²) in [5.74, 6) is -4.05. The first kappa shape index (κ1) is 16.3. The van der Waals surface area contributed by atoms with Crippen LogP contribution in [0.1, 0.15) is 16.8 Å².